The Morgan fingerprint density at radius 2 is 1.71 bits per heavy atom. The fraction of sp³-hybridized carbons (Fsp3) is 0.462. The normalized spacial score (nSPS) is 12.5. The molecular formula is C13H20N4O3S. The third-order valence-corrected chi connectivity index (χ3v) is 5.30. The van der Waals surface area contributed by atoms with E-state index < -0.39 is 10.2 Å². The van der Waals surface area contributed by atoms with Gasteiger partial charge in [0.2, 0.25) is 0 Å². The molecule has 8 heteroatoms. The van der Waals surface area contributed by atoms with Gasteiger partial charge in [0.15, 0.2) is 0 Å². The van der Waals surface area contributed by atoms with Crippen LogP contribution in [0.5, 0.6) is 0 Å². The Morgan fingerprint density at radius 3 is 2.29 bits per heavy atom. The fourth-order valence-corrected chi connectivity index (χ4v) is 3.19. The van der Waals surface area contributed by atoms with Crippen molar-refractivity contribution in [2.45, 2.75) is 19.9 Å². The Morgan fingerprint density at radius 1 is 1.14 bits per heavy atom. The lowest BCUT2D eigenvalue weighted by atomic mass is 10.3. The number of nitrogens with zero attached hydrogens (tertiary/aromatic N) is 3. The van der Waals surface area contributed by atoms with E-state index >= 15 is 0 Å². The second-order valence-corrected chi connectivity index (χ2v) is 7.05. The van der Waals surface area contributed by atoms with Crippen molar-refractivity contribution in [3.05, 3.63) is 28.7 Å². The van der Waals surface area contributed by atoms with Crippen molar-refractivity contribution in [3.63, 3.8) is 0 Å². The van der Waals surface area contributed by atoms with Gasteiger partial charge in [-0.1, -0.05) is 0 Å². The zero-order chi connectivity index (χ0) is 15.9. The minimum absolute atomic E-state index is 0.146. The fourth-order valence-electron chi connectivity index (χ4n) is 2.07. The van der Waals surface area contributed by atoms with Gasteiger partial charge < -0.3 is 0 Å². The molecule has 116 valence electrons. The molecule has 0 aliphatic carbocycles. The second-order valence-electron chi connectivity index (χ2n) is 5.32. The molecular weight excluding hydrogens is 292 g/mol. The van der Waals surface area contributed by atoms with Gasteiger partial charge in [0.1, 0.15) is 0 Å². The number of fused-ring (bicyclic) bond motifs is 1. The molecule has 0 fully saturated rings. The summed E-state index contributed by atoms with van der Waals surface area (Å²) >= 11 is 0. The van der Waals surface area contributed by atoms with Gasteiger partial charge in [-0.25, -0.2) is 4.79 Å². The molecule has 0 aliphatic heterocycles. The summed E-state index contributed by atoms with van der Waals surface area (Å²) in [6, 6.07) is 4.88. The van der Waals surface area contributed by atoms with Crippen LogP contribution in [0.15, 0.2) is 23.0 Å². The van der Waals surface area contributed by atoms with E-state index in [0.29, 0.717) is 11.2 Å². The third-order valence-electron chi connectivity index (χ3n) is 3.63. The number of imidazole rings is 1. The molecule has 21 heavy (non-hydrogen) atoms. The van der Waals surface area contributed by atoms with Crippen LogP contribution in [0.2, 0.25) is 0 Å². The second kappa shape index (κ2) is 5.19. The van der Waals surface area contributed by atoms with E-state index in [9.17, 15) is 13.2 Å². The van der Waals surface area contributed by atoms with Crippen LogP contribution in [0, 0.1) is 0 Å². The Labute approximate surface area is 124 Å². The van der Waals surface area contributed by atoms with Crippen LogP contribution in [0.25, 0.3) is 11.0 Å². The highest BCUT2D eigenvalue weighted by Gasteiger charge is 2.20. The molecule has 2 aromatic rings. The minimum atomic E-state index is -3.61. The molecule has 0 saturated carbocycles. The van der Waals surface area contributed by atoms with Gasteiger partial charge in [-0.3, -0.25) is 13.9 Å². The van der Waals surface area contributed by atoms with Gasteiger partial charge >= 0.3 is 15.9 Å². The number of aromatic nitrogens is 2. The first-order chi connectivity index (χ1) is 9.65. The molecule has 1 aromatic heterocycles. The van der Waals surface area contributed by atoms with E-state index in [0.717, 1.165) is 5.52 Å². The maximum Gasteiger partial charge on any atom is 0.328 e. The highest BCUT2D eigenvalue weighted by Crippen LogP contribution is 2.19. The molecule has 1 N–H and O–H groups in total. The first-order valence-electron chi connectivity index (χ1n) is 6.56. The van der Waals surface area contributed by atoms with Gasteiger partial charge in [-0.2, -0.15) is 12.7 Å². The van der Waals surface area contributed by atoms with E-state index in [2.05, 4.69) is 4.72 Å². The summed E-state index contributed by atoms with van der Waals surface area (Å²) in [5.74, 6) is 0. The average Bonchev–Trinajstić information content (AvgIpc) is 2.62. The van der Waals surface area contributed by atoms with Crippen LogP contribution in [0.3, 0.4) is 0 Å². The largest absolute Gasteiger partial charge is 0.328 e. The summed E-state index contributed by atoms with van der Waals surface area (Å²) in [6.07, 6.45) is 0. The lowest BCUT2D eigenvalue weighted by molar-refractivity contribution is 0.414. The molecule has 0 radical (unpaired) electrons. The lowest BCUT2D eigenvalue weighted by Gasteiger charge is -2.21. The highest BCUT2D eigenvalue weighted by molar-refractivity contribution is 7.90. The van der Waals surface area contributed by atoms with Crippen molar-refractivity contribution in [1.82, 2.24) is 13.4 Å². The summed E-state index contributed by atoms with van der Waals surface area (Å²) in [7, 11) is 1.25. The van der Waals surface area contributed by atoms with Crippen LogP contribution in [-0.2, 0) is 24.3 Å². The maximum absolute atomic E-state index is 12.2. The Bertz CT molecular complexity index is 833. The van der Waals surface area contributed by atoms with E-state index in [1.807, 2.05) is 0 Å². The quantitative estimate of drug-likeness (QED) is 0.910. The number of nitrogens with one attached hydrogen (secondary N) is 1. The maximum atomic E-state index is 12.2. The van der Waals surface area contributed by atoms with Crippen molar-refractivity contribution < 1.29 is 8.42 Å². The first kappa shape index (κ1) is 15.6. The molecule has 0 amide bonds. The average molecular weight is 312 g/mol. The molecule has 1 aromatic carbocycles. The van der Waals surface area contributed by atoms with Crippen LogP contribution >= 0.6 is 0 Å². The molecule has 2 rings (SSSR count). The molecule has 0 spiro atoms. The van der Waals surface area contributed by atoms with Gasteiger partial charge in [0.25, 0.3) is 0 Å². The number of hydrogen-bond acceptors (Lipinski definition) is 3. The number of benzene rings is 1. The van der Waals surface area contributed by atoms with Crippen LogP contribution in [0.4, 0.5) is 5.69 Å². The van der Waals surface area contributed by atoms with Crippen LogP contribution in [0.1, 0.15) is 13.8 Å². The van der Waals surface area contributed by atoms with Crippen LogP contribution in [-0.4, -0.2) is 34.9 Å². The molecule has 0 bridgehead atoms. The van der Waals surface area contributed by atoms with Crippen molar-refractivity contribution >= 4 is 26.9 Å². The zero-order valence-electron chi connectivity index (χ0n) is 12.8. The Kier molecular flexibility index (Phi) is 3.85. The number of aryl methyl sites for hydroxylation is 2. The highest BCUT2D eigenvalue weighted by atomic mass is 32.2. The summed E-state index contributed by atoms with van der Waals surface area (Å²) in [5, 5.41) is 0. The van der Waals surface area contributed by atoms with Crippen LogP contribution < -0.4 is 10.4 Å². The SMILES string of the molecule is CC(C)N(C)S(=O)(=O)Nc1ccc2c(c1)n(C)c(=O)n2C. The van der Waals surface area contributed by atoms with Crippen molar-refractivity contribution in [2.75, 3.05) is 11.8 Å². The summed E-state index contributed by atoms with van der Waals surface area (Å²) in [4.78, 5) is 11.9. The minimum Gasteiger partial charge on any atom is -0.295 e. The molecule has 0 unspecified atom stereocenters. The van der Waals surface area contributed by atoms with Crippen molar-refractivity contribution in [1.29, 1.82) is 0 Å². The van der Waals surface area contributed by atoms with E-state index in [1.165, 1.54) is 20.5 Å². The molecule has 0 saturated heterocycles. The third kappa shape index (κ3) is 2.68. The number of anilines is 1. The molecule has 1 heterocycles. The van der Waals surface area contributed by atoms with Crippen molar-refractivity contribution in [2.24, 2.45) is 14.1 Å². The topological polar surface area (TPSA) is 76.3 Å². The van der Waals surface area contributed by atoms with E-state index in [-0.39, 0.29) is 11.7 Å². The zero-order valence-corrected chi connectivity index (χ0v) is 13.6. The predicted molar refractivity (Wildman–Crippen MR) is 83.6 cm³/mol. The predicted octanol–water partition coefficient (Wildman–Crippen LogP) is 0.874. The molecule has 0 atom stereocenters. The smallest absolute Gasteiger partial charge is 0.295 e. The van der Waals surface area contributed by atoms with Gasteiger partial charge in [0.05, 0.1) is 16.7 Å². The van der Waals surface area contributed by atoms with Crippen molar-refractivity contribution in [3.8, 4) is 0 Å². The van der Waals surface area contributed by atoms with E-state index in [1.54, 1.807) is 46.1 Å². The summed E-state index contributed by atoms with van der Waals surface area (Å²) < 4.78 is 31.1. The Hall–Kier alpha value is -1.80. The van der Waals surface area contributed by atoms with E-state index in [4.69, 9.17) is 0 Å². The van der Waals surface area contributed by atoms with Gasteiger partial charge in [-0.05, 0) is 32.0 Å². The first-order valence-corrected chi connectivity index (χ1v) is 8.00. The van der Waals surface area contributed by atoms with Gasteiger partial charge in [-0.15, -0.1) is 0 Å². The van der Waals surface area contributed by atoms with Gasteiger partial charge in [0, 0.05) is 27.2 Å². The molecule has 7 nitrogen and oxygen atoms in total. The summed E-state index contributed by atoms with van der Waals surface area (Å²) in [5.41, 5.74) is 1.71. The standard InChI is InChI=1S/C13H20N4O3S/c1-9(2)17(5)21(19,20)14-10-6-7-11-12(8-10)16(4)13(18)15(11)3/h6-9,14H,1-5H3. The summed E-state index contributed by atoms with van der Waals surface area (Å²) in [6.45, 7) is 3.59. The number of rotatable bonds is 4. The molecule has 0 aliphatic rings. The number of hydrogen-bond donors (Lipinski definition) is 1. The Balaban J connectivity index is 2.46. The monoisotopic (exact) mass is 312 g/mol. The lowest BCUT2D eigenvalue weighted by Crippen LogP contribution is -2.37.